The molecule has 0 heterocycles. The fourth-order valence-electron chi connectivity index (χ4n) is 3.39. The number of hydrogen-bond donors (Lipinski definition) is 3. The molecule has 5 nitrogen and oxygen atoms in total. The Labute approximate surface area is 192 Å². The van der Waals surface area contributed by atoms with Crippen molar-refractivity contribution in [3.63, 3.8) is 0 Å². The maximum Gasteiger partial charge on any atom is 0.304 e. The second-order valence-corrected chi connectivity index (χ2v) is 7.44. The van der Waals surface area contributed by atoms with Crippen LogP contribution in [0.3, 0.4) is 0 Å². The molecule has 0 aromatic heterocycles. The van der Waals surface area contributed by atoms with Gasteiger partial charge in [-0.2, -0.15) is 0 Å². The molecule has 0 bridgehead atoms. The van der Waals surface area contributed by atoms with Crippen LogP contribution in [-0.2, 0) is 17.9 Å². The minimum Gasteiger partial charge on any atom is -0.489 e. The van der Waals surface area contributed by atoms with Crippen molar-refractivity contribution < 1.29 is 24.4 Å². The minimum absolute atomic E-state index is 0.0311. The average molecular weight is 446 g/mol. The van der Waals surface area contributed by atoms with Crippen LogP contribution in [0.5, 0.6) is 5.75 Å². The van der Waals surface area contributed by atoms with Crippen LogP contribution in [0.4, 0.5) is 10.1 Å². The molecule has 1 unspecified atom stereocenters. The minimum atomic E-state index is -0.909. The van der Waals surface area contributed by atoms with Crippen molar-refractivity contribution in [3.05, 3.63) is 94.8 Å². The molecule has 3 aromatic rings. The zero-order valence-corrected chi connectivity index (χ0v) is 18.3. The zero-order valence-electron chi connectivity index (χ0n) is 18.3. The van der Waals surface area contributed by atoms with E-state index in [0.717, 1.165) is 11.1 Å². The number of nitrogens with two attached hydrogens (primary N) is 1. The Balaban J connectivity index is 1.70. The van der Waals surface area contributed by atoms with Gasteiger partial charge in [-0.15, -0.1) is 5.92 Å². The SMILES string of the molecule is CC#CC(CC(=O)O)c1ccc(OCc2cc(NCc3ccccc3)c(C=[NH2+])cc2F)cc1. The summed E-state index contributed by atoms with van der Waals surface area (Å²) in [6.07, 6.45) is 1.29. The Kier molecular flexibility index (Phi) is 8.20. The van der Waals surface area contributed by atoms with Crippen LogP contribution in [0.15, 0.2) is 66.7 Å². The molecule has 1 atom stereocenters. The molecule has 0 aliphatic rings. The van der Waals surface area contributed by atoms with Crippen molar-refractivity contribution in [1.29, 1.82) is 0 Å². The number of benzene rings is 3. The Morgan fingerprint density at radius 3 is 2.55 bits per heavy atom. The van der Waals surface area contributed by atoms with E-state index in [1.54, 1.807) is 37.3 Å². The molecule has 0 radical (unpaired) electrons. The lowest BCUT2D eigenvalue weighted by atomic mass is 9.96. The Hall–Kier alpha value is -4.11. The number of ether oxygens (including phenoxy) is 1. The summed E-state index contributed by atoms with van der Waals surface area (Å²) in [6, 6.07) is 20.0. The number of halogens is 1. The zero-order chi connectivity index (χ0) is 23.6. The van der Waals surface area contributed by atoms with Crippen LogP contribution in [0.1, 0.15) is 41.5 Å². The van der Waals surface area contributed by atoms with Gasteiger partial charge in [0.15, 0.2) is 6.21 Å². The molecule has 3 rings (SSSR count). The van der Waals surface area contributed by atoms with Gasteiger partial charge in [0.05, 0.1) is 17.9 Å². The van der Waals surface area contributed by atoms with Crippen molar-refractivity contribution in [2.24, 2.45) is 0 Å². The van der Waals surface area contributed by atoms with Gasteiger partial charge in [0.25, 0.3) is 0 Å². The van der Waals surface area contributed by atoms with Crippen LogP contribution in [0.2, 0.25) is 0 Å². The molecule has 3 aromatic carbocycles. The van der Waals surface area contributed by atoms with Crippen LogP contribution >= 0.6 is 0 Å². The number of carboxylic acid groups (broad SMARTS) is 1. The molecule has 168 valence electrons. The lowest BCUT2D eigenvalue weighted by molar-refractivity contribution is -0.137. The van der Waals surface area contributed by atoms with Gasteiger partial charge in [0, 0.05) is 17.8 Å². The third-order valence-corrected chi connectivity index (χ3v) is 5.10. The highest BCUT2D eigenvalue weighted by Crippen LogP contribution is 2.25. The molecular formula is C27H26FN2O3+. The smallest absolute Gasteiger partial charge is 0.304 e. The van der Waals surface area contributed by atoms with Gasteiger partial charge in [-0.3, -0.25) is 10.2 Å². The summed E-state index contributed by atoms with van der Waals surface area (Å²) < 4.78 is 20.4. The second kappa shape index (κ2) is 11.5. The van der Waals surface area contributed by atoms with E-state index >= 15 is 0 Å². The van der Waals surface area contributed by atoms with Gasteiger partial charge in [-0.25, -0.2) is 4.39 Å². The molecule has 4 N–H and O–H groups in total. The Bertz CT molecular complexity index is 1170. The predicted octanol–water partition coefficient (Wildman–Crippen LogP) is 3.78. The number of carbonyl (C=O) groups is 1. The lowest BCUT2D eigenvalue weighted by Gasteiger charge is -2.14. The van der Waals surface area contributed by atoms with Crippen LogP contribution in [-0.4, -0.2) is 17.3 Å². The highest BCUT2D eigenvalue weighted by atomic mass is 19.1. The van der Waals surface area contributed by atoms with Crippen molar-refractivity contribution >= 4 is 17.9 Å². The molecule has 0 saturated heterocycles. The number of carboxylic acids is 1. The van der Waals surface area contributed by atoms with Crippen molar-refractivity contribution in [2.75, 3.05) is 5.32 Å². The molecule has 0 spiro atoms. The Morgan fingerprint density at radius 1 is 1.18 bits per heavy atom. The first-order valence-corrected chi connectivity index (χ1v) is 10.5. The summed E-state index contributed by atoms with van der Waals surface area (Å²) in [5, 5.41) is 18.1. The van der Waals surface area contributed by atoms with Gasteiger partial charge in [-0.05, 0) is 42.3 Å². The summed E-state index contributed by atoms with van der Waals surface area (Å²) in [6.45, 7) is 2.29. The van der Waals surface area contributed by atoms with E-state index in [0.29, 0.717) is 29.1 Å². The first kappa shape index (κ1) is 23.6. The summed E-state index contributed by atoms with van der Waals surface area (Å²) in [5.41, 5.74) is 3.56. The quantitative estimate of drug-likeness (QED) is 0.328. The van der Waals surface area contributed by atoms with Crippen LogP contribution in [0.25, 0.3) is 0 Å². The van der Waals surface area contributed by atoms with Gasteiger partial charge in [0.1, 0.15) is 18.2 Å². The first-order chi connectivity index (χ1) is 16.0. The van der Waals surface area contributed by atoms with Crippen LogP contribution in [0, 0.1) is 17.7 Å². The predicted molar refractivity (Wildman–Crippen MR) is 126 cm³/mol. The standard InChI is InChI=1S/C27H25FN2O3/c1-2-6-21(15-27(31)32)20-9-11-24(12-10-20)33-18-23-14-26(22(16-29)13-25(23)28)30-17-19-7-4-3-5-8-19/h3-5,7-14,16,21,29-30H,15,17-18H2,1H3,(H,31,32)/p+1. The average Bonchev–Trinajstić information content (AvgIpc) is 2.82. The number of nitrogens with one attached hydrogen (secondary N) is 1. The molecule has 6 heteroatoms. The number of aliphatic carboxylic acids is 1. The van der Waals surface area contributed by atoms with Crippen LogP contribution < -0.4 is 15.5 Å². The Morgan fingerprint density at radius 2 is 1.91 bits per heavy atom. The van der Waals surface area contributed by atoms with E-state index in [-0.39, 0.29) is 13.0 Å². The summed E-state index contributed by atoms with van der Waals surface area (Å²) in [4.78, 5) is 11.1. The number of anilines is 1. The van der Waals surface area contributed by atoms with E-state index in [9.17, 15) is 9.18 Å². The monoisotopic (exact) mass is 445 g/mol. The fourth-order valence-corrected chi connectivity index (χ4v) is 3.39. The van der Waals surface area contributed by atoms with Crippen molar-refractivity contribution in [3.8, 4) is 17.6 Å². The number of rotatable bonds is 10. The summed E-state index contributed by atoms with van der Waals surface area (Å²) in [5.74, 6) is 4.52. The normalized spacial score (nSPS) is 11.1. The van der Waals surface area contributed by atoms with Crippen molar-refractivity contribution in [2.45, 2.75) is 32.4 Å². The van der Waals surface area contributed by atoms with Gasteiger partial charge >= 0.3 is 5.97 Å². The molecule has 0 aliphatic carbocycles. The third-order valence-electron chi connectivity index (χ3n) is 5.10. The van der Waals surface area contributed by atoms with E-state index in [2.05, 4.69) is 17.2 Å². The number of hydrogen-bond acceptors (Lipinski definition) is 3. The summed E-state index contributed by atoms with van der Waals surface area (Å²) in [7, 11) is 0. The maximum atomic E-state index is 14.6. The van der Waals surface area contributed by atoms with E-state index in [1.165, 1.54) is 12.3 Å². The topological polar surface area (TPSA) is 84.2 Å². The van der Waals surface area contributed by atoms with Gasteiger partial charge < -0.3 is 15.2 Å². The molecule has 0 fully saturated rings. The molecular weight excluding hydrogens is 419 g/mol. The molecule has 0 amide bonds. The first-order valence-electron chi connectivity index (χ1n) is 10.5. The molecule has 0 saturated carbocycles. The maximum absolute atomic E-state index is 14.6. The van der Waals surface area contributed by atoms with E-state index < -0.39 is 17.7 Å². The van der Waals surface area contributed by atoms with Gasteiger partial charge in [0.2, 0.25) is 0 Å². The van der Waals surface area contributed by atoms with E-state index in [1.807, 2.05) is 30.3 Å². The molecule has 33 heavy (non-hydrogen) atoms. The molecule has 0 aliphatic heterocycles. The fraction of sp³-hybridized carbons (Fsp3) is 0.185. The highest BCUT2D eigenvalue weighted by Gasteiger charge is 2.14. The lowest BCUT2D eigenvalue weighted by Crippen LogP contribution is -2.30. The summed E-state index contributed by atoms with van der Waals surface area (Å²) >= 11 is 0. The largest absolute Gasteiger partial charge is 0.489 e. The van der Waals surface area contributed by atoms with Crippen molar-refractivity contribution in [1.82, 2.24) is 0 Å². The highest BCUT2D eigenvalue weighted by molar-refractivity contribution is 5.84. The van der Waals surface area contributed by atoms with Gasteiger partial charge in [-0.1, -0.05) is 48.4 Å². The second-order valence-electron chi connectivity index (χ2n) is 7.44. The van der Waals surface area contributed by atoms with E-state index in [4.69, 9.17) is 15.3 Å². The third kappa shape index (κ3) is 6.68.